The zero-order chi connectivity index (χ0) is 21.6. The van der Waals surface area contributed by atoms with E-state index in [1.165, 1.54) is 48.9 Å². The van der Waals surface area contributed by atoms with Crippen LogP contribution in [0.4, 0.5) is 0 Å². The van der Waals surface area contributed by atoms with Gasteiger partial charge in [0, 0.05) is 0 Å². The number of benzene rings is 3. The predicted octanol–water partition coefficient (Wildman–Crippen LogP) is 5.81. The van der Waals surface area contributed by atoms with Crippen LogP contribution in [0.15, 0.2) is 54.6 Å². The van der Waals surface area contributed by atoms with Gasteiger partial charge in [-0.3, -0.25) is 0 Å². The third-order valence-electron chi connectivity index (χ3n) is 6.09. The highest BCUT2D eigenvalue weighted by atomic mass is 28.3. The van der Waals surface area contributed by atoms with Crippen molar-refractivity contribution >= 4 is 23.6 Å². The Balaban J connectivity index is 2.56. The molecular weight excluding hydrogens is 364 g/mol. The first-order valence-corrected chi connectivity index (χ1v) is 12.7. The van der Waals surface area contributed by atoms with Gasteiger partial charge < -0.3 is 0 Å². The highest BCUT2D eigenvalue weighted by molar-refractivity contribution is 7.13. The van der Waals surface area contributed by atoms with Gasteiger partial charge >= 0.3 is 0 Å². The van der Waals surface area contributed by atoms with Crippen LogP contribution >= 0.6 is 0 Å². The molecule has 29 heavy (non-hydrogen) atoms. The van der Waals surface area contributed by atoms with Crippen molar-refractivity contribution in [2.24, 2.45) is 0 Å². The van der Waals surface area contributed by atoms with Gasteiger partial charge in [-0.05, 0) is 62.1 Å². The molecule has 0 bridgehead atoms. The summed E-state index contributed by atoms with van der Waals surface area (Å²) < 4.78 is 0. The maximum atomic E-state index is 2.46. The summed E-state index contributed by atoms with van der Waals surface area (Å²) in [4.78, 5) is 0. The molecule has 0 spiro atoms. The minimum atomic E-state index is -2.31. The van der Waals surface area contributed by atoms with Crippen LogP contribution in [0.1, 0.15) is 54.2 Å². The van der Waals surface area contributed by atoms with E-state index in [0.29, 0.717) is 0 Å². The molecule has 0 N–H and O–H groups in total. The summed E-state index contributed by atoms with van der Waals surface area (Å²) in [6.45, 7) is 20.8. The molecule has 0 saturated heterocycles. The SMILES string of the molecule is Cc1cc(C)cc([Si](c2cc(C)cc(C)c2)(c2cc(C)cc(C)c2)C(C)(C)C)c1. The molecule has 0 atom stereocenters. The highest BCUT2D eigenvalue weighted by Crippen LogP contribution is 2.36. The third kappa shape index (κ3) is 3.98. The number of rotatable bonds is 3. The molecule has 0 aliphatic heterocycles. The van der Waals surface area contributed by atoms with E-state index in [9.17, 15) is 0 Å². The first-order chi connectivity index (χ1) is 13.4. The van der Waals surface area contributed by atoms with E-state index in [4.69, 9.17) is 0 Å². The molecule has 1 heteroatoms. The lowest BCUT2D eigenvalue weighted by atomic mass is 10.1. The Bertz CT molecular complexity index is 864. The molecule has 3 aromatic carbocycles. The molecule has 152 valence electrons. The lowest BCUT2D eigenvalue weighted by Crippen LogP contribution is -2.72. The Morgan fingerprint density at radius 1 is 0.414 bits per heavy atom. The van der Waals surface area contributed by atoms with Gasteiger partial charge in [-0.15, -0.1) is 0 Å². The zero-order valence-electron chi connectivity index (χ0n) is 19.7. The molecule has 0 aliphatic carbocycles. The Morgan fingerprint density at radius 2 is 0.621 bits per heavy atom. The number of aryl methyl sites for hydroxylation is 6. The standard InChI is InChI=1S/C28H36Si/c1-19-10-20(2)14-25(13-19)29(28(7,8)9,26-15-21(3)11-22(4)16-26)27-17-23(5)12-24(6)18-27/h10-18H,1-9H3. The van der Waals surface area contributed by atoms with Gasteiger partial charge in [0.25, 0.3) is 0 Å². The van der Waals surface area contributed by atoms with Crippen molar-refractivity contribution in [3.63, 3.8) is 0 Å². The van der Waals surface area contributed by atoms with E-state index in [1.54, 1.807) is 0 Å². The van der Waals surface area contributed by atoms with Gasteiger partial charge in [-0.25, -0.2) is 0 Å². The molecule has 0 saturated carbocycles. The fourth-order valence-corrected chi connectivity index (χ4v) is 11.6. The molecule has 0 aliphatic rings. The zero-order valence-corrected chi connectivity index (χ0v) is 20.7. The van der Waals surface area contributed by atoms with Crippen LogP contribution in [0.2, 0.25) is 5.04 Å². The highest BCUT2D eigenvalue weighted by Gasteiger charge is 2.49. The molecule has 0 radical (unpaired) electrons. The van der Waals surface area contributed by atoms with Crippen LogP contribution in [-0.4, -0.2) is 8.07 Å². The summed E-state index contributed by atoms with van der Waals surface area (Å²) >= 11 is 0. The molecule has 3 rings (SSSR count). The van der Waals surface area contributed by atoms with Crippen LogP contribution < -0.4 is 15.6 Å². The van der Waals surface area contributed by atoms with Crippen molar-refractivity contribution in [3.05, 3.63) is 88.0 Å². The average molecular weight is 401 g/mol. The first-order valence-electron chi connectivity index (χ1n) is 10.7. The van der Waals surface area contributed by atoms with Crippen molar-refractivity contribution in [2.45, 2.75) is 67.4 Å². The van der Waals surface area contributed by atoms with Gasteiger partial charge in [0.15, 0.2) is 8.07 Å². The van der Waals surface area contributed by atoms with Gasteiger partial charge in [-0.2, -0.15) is 0 Å². The second-order valence-electron chi connectivity index (χ2n) is 10.1. The van der Waals surface area contributed by atoms with E-state index in [-0.39, 0.29) is 5.04 Å². The van der Waals surface area contributed by atoms with E-state index < -0.39 is 8.07 Å². The van der Waals surface area contributed by atoms with E-state index in [2.05, 4.69) is 117 Å². The summed E-state index contributed by atoms with van der Waals surface area (Å²) in [6, 6.07) is 21.6. The van der Waals surface area contributed by atoms with Gasteiger partial charge in [0.2, 0.25) is 0 Å². The monoisotopic (exact) mass is 400 g/mol. The summed E-state index contributed by atoms with van der Waals surface area (Å²) in [7, 11) is -2.31. The molecule has 0 fully saturated rings. The van der Waals surface area contributed by atoms with Gasteiger partial charge in [-0.1, -0.05) is 109 Å². The number of hydrogen-bond donors (Lipinski definition) is 0. The van der Waals surface area contributed by atoms with Crippen molar-refractivity contribution in [1.29, 1.82) is 0 Å². The van der Waals surface area contributed by atoms with Crippen LogP contribution in [0.25, 0.3) is 0 Å². The van der Waals surface area contributed by atoms with Crippen LogP contribution in [-0.2, 0) is 0 Å². The molecule has 3 aromatic rings. The molecule has 0 nitrogen and oxygen atoms in total. The molecule has 0 unspecified atom stereocenters. The Labute approximate surface area is 179 Å². The first kappa shape index (κ1) is 21.6. The summed E-state index contributed by atoms with van der Waals surface area (Å²) in [6.07, 6.45) is 0. The minimum Gasteiger partial charge on any atom is -0.0616 e. The Hall–Kier alpha value is -2.12. The molecule has 0 aromatic heterocycles. The molecule has 0 amide bonds. The maximum absolute atomic E-state index is 2.46. The second-order valence-corrected chi connectivity index (χ2v) is 14.9. The van der Waals surface area contributed by atoms with Crippen LogP contribution in [0, 0.1) is 41.5 Å². The predicted molar refractivity (Wildman–Crippen MR) is 132 cm³/mol. The maximum Gasteiger partial charge on any atom is 0.153 e. The lowest BCUT2D eigenvalue weighted by Gasteiger charge is -2.45. The van der Waals surface area contributed by atoms with Crippen molar-refractivity contribution in [2.75, 3.05) is 0 Å². The normalized spacial score (nSPS) is 12.3. The Kier molecular flexibility index (Phi) is 5.66. The third-order valence-corrected chi connectivity index (χ3v) is 11.8. The number of hydrogen-bond acceptors (Lipinski definition) is 0. The van der Waals surface area contributed by atoms with Crippen molar-refractivity contribution in [3.8, 4) is 0 Å². The van der Waals surface area contributed by atoms with Crippen LogP contribution in [0.3, 0.4) is 0 Å². The minimum absolute atomic E-state index is 0.119. The topological polar surface area (TPSA) is 0 Å². The molecule has 0 heterocycles. The summed E-state index contributed by atoms with van der Waals surface area (Å²) in [5.74, 6) is 0. The molecular formula is C28H36Si. The second kappa shape index (κ2) is 7.61. The van der Waals surface area contributed by atoms with Gasteiger partial charge in [0.05, 0.1) is 0 Å². The van der Waals surface area contributed by atoms with Crippen LogP contribution in [0.5, 0.6) is 0 Å². The largest absolute Gasteiger partial charge is 0.153 e. The lowest BCUT2D eigenvalue weighted by molar-refractivity contribution is 0.739. The van der Waals surface area contributed by atoms with Crippen molar-refractivity contribution < 1.29 is 0 Å². The smallest absolute Gasteiger partial charge is 0.0616 e. The van der Waals surface area contributed by atoms with E-state index >= 15 is 0 Å². The summed E-state index contributed by atoms with van der Waals surface area (Å²) in [5.41, 5.74) is 8.14. The quantitative estimate of drug-likeness (QED) is 0.384. The fraction of sp³-hybridized carbons (Fsp3) is 0.357. The average Bonchev–Trinajstić information content (AvgIpc) is 2.51. The summed E-state index contributed by atoms with van der Waals surface area (Å²) in [5, 5.41) is 4.70. The fourth-order valence-electron chi connectivity index (χ4n) is 5.37. The van der Waals surface area contributed by atoms with Gasteiger partial charge in [0.1, 0.15) is 0 Å². The Morgan fingerprint density at radius 3 is 0.793 bits per heavy atom. The van der Waals surface area contributed by atoms with E-state index in [0.717, 1.165) is 0 Å². The van der Waals surface area contributed by atoms with E-state index in [1.807, 2.05) is 0 Å². The van der Waals surface area contributed by atoms with Crippen molar-refractivity contribution in [1.82, 2.24) is 0 Å².